The van der Waals surface area contributed by atoms with Gasteiger partial charge in [0.1, 0.15) is 11.3 Å². The minimum absolute atomic E-state index is 0.0103. The Morgan fingerprint density at radius 2 is 2.37 bits per heavy atom. The van der Waals surface area contributed by atoms with E-state index in [2.05, 4.69) is 5.32 Å². The number of rotatable bonds is 4. The molecule has 0 aliphatic carbocycles. The molecule has 0 radical (unpaired) electrons. The molecule has 19 heavy (non-hydrogen) atoms. The predicted octanol–water partition coefficient (Wildman–Crippen LogP) is 0.943. The molecule has 1 saturated heterocycles. The van der Waals surface area contributed by atoms with Gasteiger partial charge in [-0.2, -0.15) is 0 Å². The summed E-state index contributed by atoms with van der Waals surface area (Å²) < 4.78 is 5.20. The first-order valence-electron chi connectivity index (χ1n) is 5.98. The van der Waals surface area contributed by atoms with Gasteiger partial charge in [0, 0.05) is 19.1 Å². The van der Waals surface area contributed by atoms with Crippen LogP contribution in [0.3, 0.4) is 0 Å². The summed E-state index contributed by atoms with van der Waals surface area (Å²) in [6.07, 6.45) is 0.888. The fourth-order valence-electron chi connectivity index (χ4n) is 2.02. The van der Waals surface area contributed by atoms with Crippen LogP contribution in [-0.4, -0.2) is 30.6 Å². The van der Waals surface area contributed by atoms with Gasteiger partial charge < -0.3 is 15.8 Å². The van der Waals surface area contributed by atoms with Crippen molar-refractivity contribution in [1.82, 2.24) is 5.32 Å². The normalized spacial score (nSPS) is 18.2. The Labute approximate surface area is 109 Å². The van der Waals surface area contributed by atoms with E-state index in [1.54, 1.807) is 0 Å². The molecule has 0 spiro atoms. The van der Waals surface area contributed by atoms with E-state index in [0.717, 1.165) is 6.42 Å². The molecule has 0 bridgehead atoms. The lowest BCUT2D eigenvalue weighted by Crippen LogP contribution is -2.30. The van der Waals surface area contributed by atoms with Gasteiger partial charge in [0.25, 0.3) is 5.91 Å². The molecule has 1 aromatic rings. The maximum atomic E-state index is 12.0. The second kappa shape index (κ2) is 5.66. The third-order valence-electron chi connectivity index (χ3n) is 3.07. The molecule has 1 unspecified atom stereocenters. The van der Waals surface area contributed by atoms with Crippen LogP contribution in [0.4, 0.5) is 11.4 Å². The van der Waals surface area contributed by atoms with Gasteiger partial charge in [0.05, 0.1) is 11.5 Å². The van der Waals surface area contributed by atoms with Crippen LogP contribution in [0.2, 0.25) is 0 Å². The first-order chi connectivity index (χ1) is 9.09. The molecule has 1 atom stereocenters. The maximum absolute atomic E-state index is 12.0. The lowest BCUT2D eigenvalue weighted by molar-refractivity contribution is -0.384. The van der Waals surface area contributed by atoms with Crippen LogP contribution in [0.25, 0.3) is 0 Å². The number of nitrogens with one attached hydrogen (secondary N) is 1. The van der Waals surface area contributed by atoms with E-state index in [4.69, 9.17) is 10.5 Å². The van der Waals surface area contributed by atoms with Crippen LogP contribution in [0, 0.1) is 16.0 Å². The third kappa shape index (κ3) is 3.00. The first kappa shape index (κ1) is 13.3. The second-order valence-corrected chi connectivity index (χ2v) is 4.44. The number of anilines is 1. The SMILES string of the molecule is Nc1cccc(C(=O)NCC2CCOC2)c1[N+](=O)[O-]. The largest absolute Gasteiger partial charge is 0.393 e. The Kier molecular flexibility index (Phi) is 3.96. The molecular weight excluding hydrogens is 250 g/mol. The van der Waals surface area contributed by atoms with E-state index in [1.807, 2.05) is 0 Å². The van der Waals surface area contributed by atoms with Crippen molar-refractivity contribution in [3.05, 3.63) is 33.9 Å². The molecule has 1 aliphatic rings. The summed E-state index contributed by atoms with van der Waals surface area (Å²) in [6.45, 7) is 1.75. The molecule has 1 fully saturated rings. The molecule has 3 N–H and O–H groups in total. The van der Waals surface area contributed by atoms with E-state index in [0.29, 0.717) is 19.8 Å². The van der Waals surface area contributed by atoms with Crippen molar-refractivity contribution in [2.75, 3.05) is 25.5 Å². The van der Waals surface area contributed by atoms with Crippen LogP contribution in [0.5, 0.6) is 0 Å². The molecule has 1 aromatic carbocycles. The number of hydrogen-bond donors (Lipinski definition) is 2. The van der Waals surface area contributed by atoms with Crippen molar-refractivity contribution in [3.8, 4) is 0 Å². The van der Waals surface area contributed by atoms with E-state index in [9.17, 15) is 14.9 Å². The molecular formula is C12H15N3O4. The zero-order valence-electron chi connectivity index (χ0n) is 10.3. The summed E-state index contributed by atoms with van der Waals surface area (Å²) in [7, 11) is 0. The molecule has 2 rings (SSSR count). The van der Waals surface area contributed by atoms with Gasteiger partial charge in [-0.25, -0.2) is 0 Å². The van der Waals surface area contributed by atoms with E-state index in [1.165, 1.54) is 18.2 Å². The molecule has 102 valence electrons. The van der Waals surface area contributed by atoms with Gasteiger partial charge in [-0.3, -0.25) is 14.9 Å². The summed E-state index contributed by atoms with van der Waals surface area (Å²) in [5.74, 6) is -0.213. The van der Waals surface area contributed by atoms with Gasteiger partial charge >= 0.3 is 5.69 Å². The fourth-order valence-corrected chi connectivity index (χ4v) is 2.02. The summed E-state index contributed by atoms with van der Waals surface area (Å²) in [6, 6.07) is 4.32. The van der Waals surface area contributed by atoms with E-state index in [-0.39, 0.29) is 22.9 Å². The van der Waals surface area contributed by atoms with Gasteiger partial charge in [0.2, 0.25) is 0 Å². The van der Waals surface area contributed by atoms with Crippen molar-refractivity contribution >= 4 is 17.3 Å². The van der Waals surface area contributed by atoms with Gasteiger partial charge in [-0.1, -0.05) is 6.07 Å². The Morgan fingerprint density at radius 1 is 1.58 bits per heavy atom. The quantitative estimate of drug-likeness (QED) is 0.478. The van der Waals surface area contributed by atoms with Crippen molar-refractivity contribution in [3.63, 3.8) is 0 Å². The molecule has 1 aliphatic heterocycles. The monoisotopic (exact) mass is 265 g/mol. The number of ether oxygens (including phenoxy) is 1. The number of nitrogens with zero attached hydrogens (tertiary/aromatic N) is 1. The highest BCUT2D eigenvalue weighted by atomic mass is 16.6. The van der Waals surface area contributed by atoms with Gasteiger partial charge in [-0.15, -0.1) is 0 Å². The highest BCUT2D eigenvalue weighted by Gasteiger charge is 2.24. The first-order valence-corrected chi connectivity index (χ1v) is 5.98. The minimum atomic E-state index is -0.636. The van der Waals surface area contributed by atoms with Crippen LogP contribution < -0.4 is 11.1 Å². The van der Waals surface area contributed by atoms with Gasteiger partial charge in [0.15, 0.2) is 0 Å². The number of nitro groups is 1. The number of benzene rings is 1. The lowest BCUT2D eigenvalue weighted by atomic mass is 10.1. The number of hydrogen-bond acceptors (Lipinski definition) is 5. The number of carbonyl (C=O) groups is 1. The van der Waals surface area contributed by atoms with Crippen LogP contribution in [-0.2, 0) is 4.74 Å². The number of amides is 1. The van der Waals surface area contributed by atoms with Crippen LogP contribution in [0.1, 0.15) is 16.8 Å². The van der Waals surface area contributed by atoms with Crippen molar-refractivity contribution in [2.24, 2.45) is 5.92 Å². The summed E-state index contributed by atoms with van der Waals surface area (Å²) in [5, 5.41) is 13.6. The number of nitrogens with two attached hydrogens (primary N) is 1. The molecule has 7 nitrogen and oxygen atoms in total. The Balaban J connectivity index is 2.10. The van der Waals surface area contributed by atoms with Gasteiger partial charge in [-0.05, 0) is 18.6 Å². The molecule has 7 heteroatoms. The topological polar surface area (TPSA) is 107 Å². The molecule has 0 aromatic heterocycles. The molecule has 1 heterocycles. The smallest absolute Gasteiger partial charge is 0.304 e. The van der Waals surface area contributed by atoms with E-state index >= 15 is 0 Å². The second-order valence-electron chi connectivity index (χ2n) is 4.44. The van der Waals surface area contributed by atoms with Crippen LogP contribution in [0.15, 0.2) is 18.2 Å². The average molecular weight is 265 g/mol. The Morgan fingerprint density at radius 3 is 3.00 bits per heavy atom. The van der Waals surface area contributed by atoms with Crippen LogP contribution >= 0.6 is 0 Å². The Bertz CT molecular complexity index is 498. The van der Waals surface area contributed by atoms with Crippen molar-refractivity contribution in [1.29, 1.82) is 0 Å². The third-order valence-corrected chi connectivity index (χ3v) is 3.07. The number of carbonyl (C=O) groups excluding carboxylic acids is 1. The minimum Gasteiger partial charge on any atom is -0.393 e. The fraction of sp³-hybridized carbons (Fsp3) is 0.417. The molecule has 1 amide bonds. The average Bonchev–Trinajstić information content (AvgIpc) is 2.88. The summed E-state index contributed by atoms with van der Waals surface area (Å²) in [5.41, 5.74) is 5.17. The summed E-state index contributed by atoms with van der Waals surface area (Å²) in [4.78, 5) is 22.3. The zero-order valence-corrected chi connectivity index (χ0v) is 10.3. The zero-order chi connectivity index (χ0) is 13.8. The number of nitrogen functional groups attached to an aromatic ring is 1. The lowest BCUT2D eigenvalue weighted by Gasteiger charge is -2.10. The summed E-state index contributed by atoms with van der Waals surface area (Å²) >= 11 is 0. The number of para-hydroxylation sites is 1. The highest BCUT2D eigenvalue weighted by Crippen LogP contribution is 2.25. The predicted molar refractivity (Wildman–Crippen MR) is 68.8 cm³/mol. The molecule has 0 saturated carbocycles. The standard InChI is InChI=1S/C12H15N3O4/c13-10-3-1-2-9(11(10)15(17)18)12(16)14-6-8-4-5-19-7-8/h1-3,8H,4-7,13H2,(H,14,16). The maximum Gasteiger partial charge on any atom is 0.304 e. The van der Waals surface area contributed by atoms with E-state index < -0.39 is 10.8 Å². The Hall–Kier alpha value is -2.15. The van der Waals surface area contributed by atoms with Crippen molar-refractivity contribution < 1.29 is 14.5 Å². The van der Waals surface area contributed by atoms with Crippen molar-refractivity contribution in [2.45, 2.75) is 6.42 Å². The number of nitro benzene ring substituents is 1. The highest BCUT2D eigenvalue weighted by molar-refractivity contribution is 6.00.